The molecule has 0 atom stereocenters. The maximum atomic E-state index is 13.1. The number of carbonyl (C=O) groups excluding carboxylic acids is 1. The molecule has 1 aliphatic heterocycles. The molecule has 0 radical (unpaired) electrons. The molecule has 1 aliphatic carbocycles. The third kappa shape index (κ3) is 4.19. The molecule has 3 heterocycles. The van der Waals surface area contributed by atoms with Crippen LogP contribution >= 0.6 is 0 Å². The van der Waals surface area contributed by atoms with E-state index in [2.05, 4.69) is 22.2 Å². The number of benzene rings is 1. The van der Waals surface area contributed by atoms with Crippen LogP contribution in [0.5, 0.6) is 5.75 Å². The zero-order valence-electron chi connectivity index (χ0n) is 17.7. The number of hydrogen-bond donors (Lipinski definition) is 1. The predicted molar refractivity (Wildman–Crippen MR) is 114 cm³/mol. The number of furan rings is 1. The number of likely N-dealkylation sites (tertiary alicyclic amines) is 1. The van der Waals surface area contributed by atoms with Gasteiger partial charge in [0.1, 0.15) is 29.2 Å². The maximum absolute atomic E-state index is 13.1. The van der Waals surface area contributed by atoms with E-state index in [9.17, 15) is 9.18 Å². The van der Waals surface area contributed by atoms with E-state index in [0.717, 1.165) is 24.0 Å². The number of fused-ring (bicyclic) bond motifs is 1. The molecule has 0 bridgehead atoms. The molecule has 7 nitrogen and oxygen atoms in total. The summed E-state index contributed by atoms with van der Waals surface area (Å²) in [6.45, 7) is 5.09. The number of nitrogens with one attached hydrogen (secondary N) is 1. The number of hydrogen-bond acceptors (Lipinski definition) is 6. The van der Waals surface area contributed by atoms with Gasteiger partial charge in [0.25, 0.3) is 5.91 Å². The summed E-state index contributed by atoms with van der Waals surface area (Å²) < 4.78 is 24.7. The quantitative estimate of drug-likeness (QED) is 0.657. The number of amides is 1. The van der Waals surface area contributed by atoms with Gasteiger partial charge in [0.15, 0.2) is 0 Å². The molecule has 1 saturated carbocycles. The Bertz CT molecular complexity index is 1120. The van der Waals surface area contributed by atoms with Crippen molar-refractivity contribution >= 4 is 22.8 Å². The number of rotatable bonds is 5. The second-order valence-electron chi connectivity index (χ2n) is 8.72. The topological polar surface area (TPSA) is 80.5 Å². The van der Waals surface area contributed by atoms with Crippen molar-refractivity contribution in [1.29, 1.82) is 0 Å². The van der Waals surface area contributed by atoms with Gasteiger partial charge < -0.3 is 19.4 Å². The molecule has 2 aliphatic rings. The minimum atomic E-state index is -0.291. The first-order valence-corrected chi connectivity index (χ1v) is 10.7. The lowest BCUT2D eigenvalue weighted by Crippen LogP contribution is -2.42. The first kappa shape index (κ1) is 19.8. The number of nitrogens with zero attached hydrogens (tertiary/aromatic N) is 3. The van der Waals surface area contributed by atoms with Crippen molar-refractivity contribution < 1.29 is 18.3 Å². The van der Waals surface area contributed by atoms with Crippen molar-refractivity contribution in [3.05, 3.63) is 47.7 Å². The molecule has 0 unspecified atom stereocenters. The molecular formula is C23H25FN4O3. The number of ether oxygens (including phenoxy) is 1. The van der Waals surface area contributed by atoms with Gasteiger partial charge in [0, 0.05) is 31.5 Å². The highest BCUT2D eigenvalue weighted by Crippen LogP contribution is 2.39. The lowest BCUT2D eigenvalue weighted by molar-refractivity contribution is 0.0584. The summed E-state index contributed by atoms with van der Waals surface area (Å²) in [5.41, 5.74) is 0.445. The molecule has 0 spiro atoms. The van der Waals surface area contributed by atoms with Crippen LogP contribution < -0.4 is 10.1 Å². The average Bonchev–Trinajstić information content (AvgIpc) is 3.35. The highest BCUT2D eigenvalue weighted by atomic mass is 19.1. The van der Waals surface area contributed by atoms with Gasteiger partial charge in [-0.3, -0.25) is 4.79 Å². The van der Waals surface area contributed by atoms with E-state index in [-0.39, 0.29) is 29.2 Å². The minimum absolute atomic E-state index is 0.0160. The number of aromatic nitrogens is 2. The Balaban J connectivity index is 1.29. The zero-order chi connectivity index (χ0) is 21.6. The number of carbonyl (C=O) groups is 1. The fraction of sp³-hybridized carbons (Fsp3) is 0.435. The van der Waals surface area contributed by atoms with Crippen molar-refractivity contribution in [1.82, 2.24) is 14.9 Å². The van der Waals surface area contributed by atoms with Crippen molar-refractivity contribution in [3.63, 3.8) is 0 Å². The predicted octanol–water partition coefficient (Wildman–Crippen LogP) is 4.32. The summed E-state index contributed by atoms with van der Waals surface area (Å²) in [5, 5.41) is 4.26. The van der Waals surface area contributed by atoms with Crippen LogP contribution in [-0.4, -0.2) is 45.5 Å². The molecule has 1 N–H and O–H groups in total. The van der Waals surface area contributed by atoms with Crippen molar-refractivity contribution in [2.24, 2.45) is 0 Å². The Labute approximate surface area is 179 Å². The SMILES string of the molecule is Cc1cc2c(NC3(C)CC3)nc(C(=O)N3CCC(Oc4ccc(F)cc4)CC3)nc2o1. The Morgan fingerprint density at radius 1 is 1.23 bits per heavy atom. The van der Waals surface area contributed by atoms with Crippen LogP contribution in [0.2, 0.25) is 0 Å². The lowest BCUT2D eigenvalue weighted by Gasteiger charge is -2.31. The van der Waals surface area contributed by atoms with E-state index in [0.29, 0.717) is 43.2 Å². The van der Waals surface area contributed by atoms with Crippen LogP contribution in [0.25, 0.3) is 11.1 Å². The first-order chi connectivity index (χ1) is 14.9. The highest BCUT2D eigenvalue weighted by Gasteiger charge is 2.38. The van der Waals surface area contributed by atoms with Crippen molar-refractivity contribution in [3.8, 4) is 5.75 Å². The largest absolute Gasteiger partial charge is 0.490 e. The van der Waals surface area contributed by atoms with Gasteiger partial charge in [0.2, 0.25) is 11.5 Å². The number of aryl methyl sites for hydroxylation is 1. The van der Waals surface area contributed by atoms with Crippen LogP contribution in [0.3, 0.4) is 0 Å². The molecule has 162 valence electrons. The van der Waals surface area contributed by atoms with Gasteiger partial charge in [-0.25, -0.2) is 9.37 Å². The van der Waals surface area contributed by atoms with Gasteiger partial charge in [-0.05, 0) is 57.0 Å². The molecule has 2 fully saturated rings. The summed E-state index contributed by atoms with van der Waals surface area (Å²) in [6, 6.07) is 7.90. The Morgan fingerprint density at radius 2 is 1.94 bits per heavy atom. The van der Waals surface area contributed by atoms with Gasteiger partial charge in [-0.15, -0.1) is 0 Å². The summed E-state index contributed by atoms with van der Waals surface area (Å²) in [5.74, 6) is 1.67. The summed E-state index contributed by atoms with van der Waals surface area (Å²) >= 11 is 0. The fourth-order valence-corrected chi connectivity index (χ4v) is 3.85. The van der Waals surface area contributed by atoms with E-state index in [4.69, 9.17) is 9.15 Å². The normalized spacial score (nSPS) is 18.2. The van der Waals surface area contributed by atoms with E-state index >= 15 is 0 Å². The van der Waals surface area contributed by atoms with Gasteiger partial charge in [0.05, 0.1) is 5.39 Å². The third-order valence-corrected chi connectivity index (χ3v) is 5.97. The van der Waals surface area contributed by atoms with Crippen LogP contribution in [0.1, 0.15) is 49.0 Å². The molecule has 3 aromatic rings. The van der Waals surface area contributed by atoms with E-state index in [1.165, 1.54) is 12.1 Å². The van der Waals surface area contributed by atoms with Crippen LogP contribution in [0, 0.1) is 12.7 Å². The molecule has 2 aromatic heterocycles. The molecule has 1 amide bonds. The zero-order valence-corrected chi connectivity index (χ0v) is 17.7. The minimum Gasteiger partial charge on any atom is -0.490 e. The second-order valence-corrected chi connectivity index (χ2v) is 8.72. The van der Waals surface area contributed by atoms with Crippen molar-refractivity contribution in [2.75, 3.05) is 18.4 Å². The number of halogens is 1. The number of piperidine rings is 1. The molecule has 8 heteroatoms. The standard InChI is InChI=1S/C23H25FN4O3/c1-14-13-18-19(27-23(2)9-10-23)25-20(26-21(18)30-14)22(29)28-11-7-17(8-12-28)31-16-5-3-15(24)4-6-16/h3-6,13,17H,7-12H2,1-2H3,(H,25,26,27). The summed E-state index contributed by atoms with van der Waals surface area (Å²) in [7, 11) is 0. The highest BCUT2D eigenvalue weighted by molar-refractivity contribution is 5.95. The summed E-state index contributed by atoms with van der Waals surface area (Å²) in [4.78, 5) is 23.9. The third-order valence-electron chi connectivity index (χ3n) is 5.97. The first-order valence-electron chi connectivity index (χ1n) is 10.7. The fourth-order valence-electron chi connectivity index (χ4n) is 3.85. The van der Waals surface area contributed by atoms with Gasteiger partial charge in [-0.2, -0.15) is 4.98 Å². The van der Waals surface area contributed by atoms with Gasteiger partial charge in [-0.1, -0.05) is 0 Å². The number of anilines is 1. The van der Waals surface area contributed by atoms with Crippen LogP contribution in [0.4, 0.5) is 10.2 Å². The summed E-state index contributed by atoms with van der Waals surface area (Å²) in [6.07, 6.45) is 3.50. The van der Waals surface area contributed by atoms with Crippen molar-refractivity contribution in [2.45, 2.75) is 51.2 Å². The van der Waals surface area contributed by atoms with Gasteiger partial charge >= 0.3 is 0 Å². The van der Waals surface area contributed by atoms with E-state index in [1.807, 2.05) is 13.0 Å². The van der Waals surface area contributed by atoms with Crippen LogP contribution in [-0.2, 0) is 0 Å². The van der Waals surface area contributed by atoms with Crippen LogP contribution in [0.15, 0.2) is 34.7 Å². The van der Waals surface area contributed by atoms with E-state index < -0.39 is 0 Å². The monoisotopic (exact) mass is 424 g/mol. The Kier molecular flexibility index (Phi) is 4.79. The molecular weight excluding hydrogens is 399 g/mol. The Hall–Kier alpha value is -3.16. The Morgan fingerprint density at radius 3 is 2.61 bits per heavy atom. The average molecular weight is 424 g/mol. The van der Waals surface area contributed by atoms with E-state index in [1.54, 1.807) is 17.0 Å². The second kappa shape index (κ2) is 7.51. The molecule has 1 aromatic carbocycles. The smallest absolute Gasteiger partial charge is 0.291 e. The lowest BCUT2D eigenvalue weighted by atomic mass is 10.1. The molecule has 1 saturated heterocycles. The molecule has 5 rings (SSSR count). The molecule has 31 heavy (non-hydrogen) atoms. The maximum Gasteiger partial charge on any atom is 0.291 e.